The highest BCUT2D eigenvalue weighted by Crippen LogP contribution is 2.46. The number of hydrogen-bond donors (Lipinski definition) is 1. The lowest BCUT2D eigenvalue weighted by Gasteiger charge is -2.22. The van der Waals surface area contributed by atoms with E-state index in [0.29, 0.717) is 0 Å². The summed E-state index contributed by atoms with van der Waals surface area (Å²) in [5.41, 5.74) is 2.41. The fourth-order valence-electron chi connectivity index (χ4n) is 2.37. The van der Waals surface area contributed by atoms with Gasteiger partial charge in [-0.2, -0.15) is 0 Å². The zero-order valence-corrected chi connectivity index (χ0v) is 10.5. The fraction of sp³-hybridized carbons (Fsp3) is 0. The van der Waals surface area contributed by atoms with Gasteiger partial charge in [0.25, 0.3) is 0 Å². The summed E-state index contributed by atoms with van der Waals surface area (Å²) < 4.78 is 0. The molecule has 18 heavy (non-hydrogen) atoms. The largest absolute Gasteiger partial charge is 0.354 e. The Hall–Kier alpha value is -1.93. The monoisotopic (exact) mass is 249 g/mol. The molecule has 3 aromatic rings. The van der Waals surface area contributed by atoms with Crippen LogP contribution in [0.1, 0.15) is 0 Å². The highest BCUT2D eigenvalue weighted by Gasteiger charge is 2.16. The minimum Gasteiger partial charge on any atom is -0.354 e. The van der Waals surface area contributed by atoms with E-state index < -0.39 is 0 Å². The Kier molecular flexibility index (Phi) is 2.11. The predicted molar refractivity (Wildman–Crippen MR) is 77.8 cm³/mol. The lowest BCUT2D eigenvalue weighted by atomic mass is 10.1. The maximum Gasteiger partial charge on any atom is 0.0532 e. The number of hydrogen-bond acceptors (Lipinski definition) is 2. The Balaban J connectivity index is 1.98. The van der Waals surface area contributed by atoms with Crippen LogP contribution in [0.2, 0.25) is 0 Å². The molecule has 0 bridgehead atoms. The van der Waals surface area contributed by atoms with Crippen molar-refractivity contribution in [1.29, 1.82) is 0 Å². The van der Waals surface area contributed by atoms with E-state index in [1.54, 1.807) is 0 Å². The zero-order chi connectivity index (χ0) is 11.9. The molecule has 0 saturated carbocycles. The van der Waals surface area contributed by atoms with Gasteiger partial charge in [0.1, 0.15) is 0 Å². The summed E-state index contributed by atoms with van der Waals surface area (Å²) >= 11 is 1.85. The molecule has 0 spiro atoms. The summed E-state index contributed by atoms with van der Waals surface area (Å²) in [7, 11) is 0. The van der Waals surface area contributed by atoms with Crippen LogP contribution >= 0.6 is 11.8 Å². The number of fused-ring (bicyclic) bond motifs is 4. The predicted octanol–water partition coefficient (Wildman–Crippen LogP) is 5.05. The maximum absolute atomic E-state index is 3.51. The molecule has 0 atom stereocenters. The van der Waals surface area contributed by atoms with Crippen molar-refractivity contribution in [3.05, 3.63) is 60.7 Å². The van der Waals surface area contributed by atoms with E-state index in [9.17, 15) is 0 Å². The SMILES string of the molecule is c1ccc2c(c1)Nc1ccc3ccccc3c1S2. The number of rotatable bonds is 0. The molecule has 1 heterocycles. The first-order valence-corrected chi connectivity index (χ1v) is 6.79. The summed E-state index contributed by atoms with van der Waals surface area (Å²) in [6.07, 6.45) is 0. The molecule has 1 aliphatic rings. The van der Waals surface area contributed by atoms with Crippen molar-refractivity contribution in [2.75, 3.05) is 5.32 Å². The lowest BCUT2D eigenvalue weighted by molar-refractivity contribution is 1.34. The number of benzene rings is 3. The van der Waals surface area contributed by atoms with Crippen molar-refractivity contribution in [3.63, 3.8) is 0 Å². The van der Waals surface area contributed by atoms with E-state index in [2.05, 4.69) is 66.0 Å². The molecule has 2 heteroatoms. The van der Waals surface area contributed by atoms with Gasteiger partial charge in [0.05, 0.1) is 11.4 Å². The molecule has 0 amide bonds. The summed E-state index contributed by atoms with van der Waals surface area (Å²) in [5.74, 6) is 0. The van der Waals surface area contributed by atoms with Gasteiger partial charge in [-0.05, 0) is 29.0 Å². The van der Waals surface area contributed by atoms with Gasteiger partial charge in [-0.15, -0.1) is 0 Å². The van der Waals surface area contributed by atoms with Crippen molar-refractivity contribution in [1.82, 2.24) is 0 Å². The Morgan fingerprint density at radius 2 is 1.56 bits per heavy atom. The van der Waals surface area contributed by atoms with E-state index in [1.165, 1.54) is 31.9 Å². The smallest absolute Gasteiger partial charge is 0.0532 e. The highest BCUT2D eigenvalue weighted by molar-refractivity contribution is 8.00. The second-order valence-electron chi connectivity index (χ2n) is 4.39. The van der Waals surface area contributed by atoms with Crippen LogP contribution in [0.3, 0.4) is 0 Å². The van der Waals surface area contributed by atoms with Crippen LogP contribution in [0.5, 0.6) is 0 Å². The molecule has 0 radical (unpaired) electrons. The molecule has 1 nitrogen and oxygen atoms in total. The molecule has 0 fully saturated rings. The third kappa shape index (κ3) is 1.42. The third-order valence-corrected chi connectivity index (χ3v) is 4.47. The maximum atomic E-state index is 3.51. The van der Waals surface area contributed by atoms with E-state index >= 15 is 0 Å². The summed E-state index contributed by atoms with van der Waals surface area (Å²) in [6, 6.07) is 21.3. The van der Waals surface area contributed by atoms with E-state index in [0.717, 1.165) is 0 Å². The van der Waals surface area contributed by atoms with Gasteiger partial charge in [0, 0.05) is 9.79 Å². The van der Waals surface area contributed by atoms with Gasteiger partial charge < -0.3 is 5.32 Å². The van der Waals surface area contributed by atoms with E-state index in [-0.39, 0.29) is 0 Å². The van der Waals surface area contributed by atoms with Crippen LogP contribution in [0, 0.1) is 0 Å². The topological polar surface area (TPSA) is 12.0 Å². The normalized spacial score (nSPS) is 12.7. The second-order valence-corrected chi connectivity index (χ2v) is 5.44. The zero-order valence-electron chi connectivity index (χ0n) is 9.68. The van der Waals surface area contributed by atoms with Crippen LogP contribution in [-0.4, -0.2) is 0 Å². The standard InChI is InChI=1S/C16H11NS/c1-2-6-12-11(5-1)9-10-14-16(12)18-15-8-4-3-7-13(15)17-14/h1-10,17H. The van der Waals surface area contributed by atoms with Gasteiger partial charge in [-0.3, -0.25) is 0 Å². The Bertz CT molecular complexity index is 749. The minimum atomic E-state index is 1.20. The second kappa shape index (κ2) is 3.79. The average Bonchev–Trinajstić information content (AvgIpc) is 2.45. The van der Waals surface area contributed by atoms with Gasteiger partial charge in [-0.25, -0.2) is 0 Å². The molecule has 1 N–H and O–H groups in total. The molecule has 0 aliphatic carbocycles. The fourth-order valence-corrected chi connectivity index (χ4v) is 3.49. The number of para-hydroxylation sites is 1. The van der Waals surface area contributed by atoms with E-state index in [4.69, 9.17) is 0 Å². The Morgan fingerprint density at radius 3 is 2.56 bits per heavy atom. The quantitative estimate of drug-likeness (QED) is 0.468. The van der Waals surface area contributed by atoms with Crippen molar-refractivity contribution in [2.45, 2.75) is 9.79 Å². The highest BCUT2D eigenvalue weighted by atomic mass is 32.2. The molecule has 1 aliphatic heterocycles. The van der Waals surface area contributed by atoms with Crippen molar-refractivity contribution < 1.29 is 0 Å². The first-order chi connectivity index (χ1) is 8.92. The molecule has 0 aromatic heterocycles. The molecule has 4 rings (SSSR count). The minimum absolute atomic E-state index is 1.20. The third-order valence-electron chi connectivity index (χ3n) is 3.25. The summed E-state index contributed by atoms with van der Waals surface area (Å²) in [4.78, 5) is 2.62. The van der Waals surface area contributed by atoms with Crippen LogP contribution in [0.4, 0.5) is 11.4 Å². The van der Waals surface area contributed by atoms with Gasteiger partial charge >= 0.3 is 0 Å². The Morgan fingerprint density at radius 1 is 0.722 bits per heavy atom. The molecule has 86 valence electrons. The van der Waals surface area contributed by atoms with Crippen LogP contribution in [0.15, 0.2) is 70.5 Å². The summed E-state index contributed by atoms with van der Waals surface area (Å²) in [5, 5.41) is 6.13. The van der Waals surface area contributed by atoms with Gasteiger partial charge in [0.2, 0.25) is 0 Å². The van der Waals surface area contributed by atoms with E-state index in [1.807, 2.05) is 11.8 Å². The average molecular weight is 249 g/mol. The van der Waals surface area contributed by atoms with Crippen molar-refractivity contribution in [3.8, 4) is 0 Å². The number of nitrogens with one attached hydrogen (secondary N) is 1. The Labute approximate surface area is 110 Å². The molecule has 3 aromatic carbocycles. The lowest BCUT2D eigenvalue weighted by Crippen LogP contribution is -1.99. The summed E-state index contributed by atoms with van der Waals surface area (Å²) in [6.45, 7) is 0. The van der Waals surface area contributed by atoms with Crippen LogP contribution in [-0.2, 0) is 0 Å². The first kappa shape index (κ1) is 10.0. The molecule has 0 unspecified atom stereocenters. The molecular formula is C16H11NS. The first-order valence-electron chi connectivity index (χ1n) is 5.97. The van der Waals surface area contributed by atoms with Crippen LogP contribution < -0.4 is 5.32 Å². The van der Waals surface area contributed by atoms with Crippen molar-refractivity contribution in [2.24, 2.45) is 0 Å². The van der Waals surface area contributed by atoms with Gasteiger partial charge in [0.15, 0.2) is 0 Å². The molecular weight excluding hydrogens is 238 g/mol. The number of anilines is 2. The van der Waals surface area contributed by atoms with Crippen LogP contribution in [0.25, 0.3) is 10.8 Å². The van der Waals surface area contributed by atoms with Gasteiger partial charge in [-0.1, -0.05) is 54.2 Å². The van der Waals surface area contributed by atoms with Crippen molar-refractivity contribution >= 4 is 33.9 Å². The molecule has 0 saturated heterocycles.